The molecule has 1 N–H and O–H groups in total. The van der Waals surface area contributed by atoms with Gasteiger partial charge in [0.2, 0.25) is 0 Å². The van der Waals surface area contributed by atoms with Crippen molar-refractivity contribution in [3.05, 3.63) is 24.3 Å². The summed E-state index contributed by atoms with van der Waals surface area (Å²) in [5.41, 5.74) is 0.195. The molecule has 2 rings (SSSR count). The molecule has 0 bridgehead atoms. The number of alkyl halides is 3. The molecule has 0 atom stereocenters. The second-order valence-electron chi connectivity index (χ2n) is 4.43. The quantitative estimate of drug-likeness (QED) is 0.837. The van der Waals surface area contributed by atoms with Gasteiger partial charge >= 0.3 is 18.2 Å². The monoisotopic (exact) mass is 318 g/mol. The van der Waals surface area contributed by atoms with Gasteiger partial charge in [0.1, 0.15) is 5.75 Å². The molecule has 9 heteroatoms. The Hall–Kier alpha value is -2.29. The number of nitrogens with one attached hydrogen (secondary N) is 1. The predicted molar refractivity (Wildman–Crippen MR) is 69.2 cm³/mol. The van der Waals surface area contributed by atoms with Crippen molar-refractivity contribution in [2.45, 2.75) is 6.36 Å². The fraction of sp³-hybridized carbons (Fsp3) is 0.385. The highest BCUT2D eigenvalue weighted by atomic mass is 19.4. The zero-order valence-electron chi connectivity index (χ0n) is 11.4. The number of halogens is 3. The molecule has 1 aromatic rings. The predicted octanol–water partition coefficient (Wildman–Crippen LogP) is 1.38. The highest BCUT2D eigenvalue weighted by molar-refractivity contribution is 6.39. The summed E-state index contributed by atoms with van der Waals surface area (Å²) in [5, 5.41) is 2.32. The third-order valence-electron chi connectivity index (χ3n) is 2.84. The van der Waals surface area contributed by atoms with Crippen molar-refractivity contribution < 1.29 is 32.2 Å². The van der Waals surface area contributed by atoms with E-state index in [-0.39, 0.29) is 5.69 Å². The van der Waals surface area contributed by atoms with Crippen LogP contribution in [0.15, 0.2) is 24.3 Å². The van der Waals surface area contributed by atoms with Crippen molar-refractivity contribution in [3.63, 3.8) is 0 Å². The molecule has 1 aromatic carbocycles. The number of ether oxygens (including phenoxy) is 2. The van der Waals surface area contributed by atoms with Crippen LogP contribution in [0.25, 0.3) is 0 Å². The number of nitrogens with zero attached hydrogens (tertiary/aromatic N) is 1. The third-order valence-corrected chi connectivity index (χ3v) is 2.84. The molecule has 0 saturated carbocycles. The van der Waals surface area contributed by atoms with Crippen molar-refractivity contribution in [1.82, 2.24) is 4.90 Å². The van der Waals surface area contributed by atoms with Crippen LogP contribution in [0.3, 0.4) is 0 Å². The fourth-order valence-electron chi connectivity index (χ4n) is 1.83. The van der Waals surface area contributed by atoms with Gasteiger partial charge in [-0.25, -0.2) is 0 Å². The summed E-state index contributed by atoms with van der Waals surface area (Å²) in [7, 11) is 0. The maximum absolute atomic E-state index is 12.0. The zero-order chi connectivity index (χ0) is 16.2. The molecule has 0 spiro atoms. The van der Waals surface area contributed by atoms with Crippen molar-refractivity contribution in [2.75, 3.05) is 31.6 Å². The van der Waals surface area contributed by atoms with E-state index >= 15 is 0 Å². The molecule has 1 heterocycles. The smallest absolute Gasteiger partial charge is 0.406 e. The lowest BCUT2D eigenvalue weighted by Crippen LogP contribution is -2.45. The van der Waals surface area contributed by atoms with Crippen LogP contribution >= 0.6 is 0 Å². The minimum Gasteiger partial charge on any atom is -0.406 e. The molecule has 1 saturated heterocycles. The Morgan fingerprint density at radius 2 is 1.73 bits per heavy atom. The molecular formula is C13H13F3N2O4. The number of morpholine rings is 1. The lowest BCUT2D eigenvalue weighted by molar-refractivity contribution is -0.274. The second kappa shape index (κ2) is 6.65. The molecule has 120 valence electrons. The molecule has 0 aromatic heterocycles. The van der Waals surface area contributed by atoms with Gasteiger partial charge in [-0.15, -0.1) is 13.2 Å². The van der Waals surface area contributed by atoms with Crippen LogP contribution < -0.4 is 10.1 Å². The molecule has 1 aliphatic rings. The van der Waals surface area contributed by atoms with Gasteiger partial charge in [0.15, 0.2) is 0 Å². The average Bonchev–Trinajstić information content (AvgIpc) is 2.48. The van der Waals surface area contributed by atoms with Crippen molar-refractivity contribution in [1.29, 1.82) is 0 Å². The Morgan fingerprint density at radius 3 is 2.27 bits per heavy atom. The van der Waals surface area contributed by atoms with Gasteiger partial charge in [-0.1, -0.05) is 0 Å². The SMILES string of the molecule is O=C(Nc1ccc(OC(F)(F)F)cc1)C(=O)N1CCOCC1. The largest absolute Gasteiger partial charge is 0.573 e. The van der Waals surface area contributed by atoms with Crippen LogP contribution in [0.1, 0.15) is 0 Å². The Kier molecular flexibility index (Phi) is 4.86. The number of hydrogen-bond acceptors (Lipinski definition) is 4. The Morgan fingerprint density at radius 1 is 1.14 bits per heavy atom. The topological polar surface area (TPSA) is 67.9 Å². The Bertz CT molecular complexity index is 539. The number of amides is 2. The highest BCUT2D eigenvalue weighted by Gasteiger charge is 2.31. The number of hydrogen-bond donors (Lipinski definition) is 1. The standard InChI is InChI=1S/C13H13F3N2O4/c14-13(15,16)22-10-3-1-9(2-4-10)17-11(19)12(20)18-5-7-21-8-6-18/h1-4H,5-8H2,(H,17,19). The lowest BCUT2D eigenvalue weighted by atomic mass is 10.3. The second-order valence-corrected chi connectivity index (χ2v) is 4.43. The normalized spacial score (nSPS) is 15.3. The number of anilines is 1. The van der Waals surface area contributed by atoms with E-state index in [2.05, 4.69) is 10.1 Å². The third kappa shape index (κ3) is 4.62. The molecule has 0 unspecified atom stereocenters. The van der Waals surface area contributed by atoms with Crippen LogP contribution in [0, 0.1) is 0 Å². The van der Waals surface area contributed by atoms with Gasteiger partial charge in [-0.3, -0.25) is 9.59 Å². The van der Waals surface area contributed by atoms with Crippen LogP contribution in [-0.2, 0) is 14.3 Å². The first-order valence-electron chi connectivity index (χ1n) is 6.39. The summed E-state index contributed by atoms with van der Waals surface area (Å²) in [6.45, 7) is 1.38. The summed E-state index contributed by atoms with van der Waals surface area (Å²) >= 11 is 0. The Labute approximate surface area is 123 Å². The molecule has 6 nitrogen and oxygen atoms in total. The van der Waals surface area contributed by atoms with Crippen LogP contribution in [0.5, 0.6) is 5.75 Å². The van der Waals surface area contributed by atoms with E-state index in [1.54, 1.807) is 0 Å². The maximum Gasteiger partial charge on any atom is 0.573 e. The van der Waals surface area contributed by atoms with Crippen LogP contribution in [0.2, 0.25) is 0 Å². The van der Waals surface area contributed by atoms with Gasteiger partial charge in [-0.05, 0) is 24.3 Å². The average molecular weight is 318 g/mol. The first-order valence-corrected chi connectivity index (χ1v) is 6.39. The summed E-state index contributed by atoms with van der Waals surface area (Å²) in [4.78, 5) is 25.0. The maximum atomic E-state index is 12.0. The highest BCUT2D eigenvalue weighted by Crippen LogP contribution is 2.23. The molecule has 22 heavy (non-hydrogen) atoms. The first kappa shape index (κ1) is 16.1. The summed E-state index contributed by atoms with van der Waals surface area (Å²) in [5.74, 6) is -1.98. The van der Waals surface area contributed by atoms with Crippen LogP contribution in [0.4, 0.5) is 18.9 Å². The minimum atomic E-state index is -4.78. The molecule has 1 aliphatic heterocycles. The molecule has 2 amide bonds. The first-order chi connectivity index (χ1) is 10.3. The summed E-state index contributed by atoms with van der Waals surface area (Å²) in [6.07, 6.45) is -4.78. The van der Waals surface area contributed by atoms with Gasteiger partial charge in [-0.2, -0.15) is 0 Å². The fourth-order valence-corrected chi connectivity index (χ4v) is 1.83. The van der Waals surface area contributed by atoms with E-state index in [0.29, 0.717) is 26.3 Å². The van der Waals surface area contributed by atoms with Gasteiger partial charge in [0.25, 0.3) is 0 Å². The summed E-state index contributed by atoms with van der Waals surface area (Å²) < 4.78 is 44.8. The molecular weight excluding hydrogens is 305 g/mol. The van der Waals surface area contributed by atoms with Gasteiger partial charge < -0.3 is 19.7 Å². The van der Waals surface area contributed by atoms with Crippen molar-refractivity contribution in [2.24, 2.45) is 0 Å². The van der Waals surface area contributed by atoms with Gasteiger partial charge in [0.05, 0.1) is 13.2 Å². The Balaban J connectivity index is 1.92. The summed E-state index contributed by atoms with van der Waals surface area (Å²) in [6, 6.07) is 4.52. The van der Waals surface area contributed by atoms with Crippen LogP contribution in [-0.4, -0.2) is 49.4 Å². The van der Waals surface area contributed by atoms with E-state index in [1.807, 2.05) is 0 Å². The zero-order valence-corrected chi connectivity index (χ0v) is 11.4. The van der Waals surface area contributed by atoms with Crippen molar-refractivity contribution in [3.8, 4) is 5.75 Å². The van der Waals surface area contributed by atoms with E-state index < -0.39 is 23.9 Å². The van der Waals surface area contributed by atoms with E-state index in [4.69, 9.17) is 4.74 Å². The molecule has 0 aliphatic carbocycles. The number of rotatable bonds is 2. The molecule has 1 fully saturated rings. The number of carbonyl (C=O) groups excluding carboxylic acids is 2. The minimum absolute atomic E-state index is 0.195. The molecule has 0 radical (unpaired) electrons. The lowest BCUT2D eigenvalue weighted by Gasteiger charge is -2.26. The van der Waals surface area contributed by atoms with E-state index in [0.717, 1.165) is 12.1 Å². The van der Waals surface area contributed by atoms with E-state index in [9.17, 15) is 22.8 Å². The number of carbonyl (C=O) groups is 2. The van der Waals surface area contributed by atoms with Gasteiger partial charge in [0, 0.05) is 18.8 Å². The van der Waals surface area contributed by atoms with Crippen molar-refractivity contribution >= 4 is 17.5 Å². The number of benzene rings is 1. The van der Waals surface area contributed by atoms with E-state index in [1.165, 1.54) is 17.0 Å².